The lowest BCUT2D eigenvalue weighted by Crippen LogP contribution is -1.99. The summed E-state index contributed by atoms with van der Waals surface area (Å²) in [7, 11) is 0. The number of pyridine rings is 1. The van der Waals surface area contributed by atoms with E-state index in [1.165, 1.54) is 31.2 Å². The highest BCUT2D eigenvalue weighted by atomic mass is 16.1. The number of hydrogen-bond donors (Lipinski definition) is 0. The van der Waals surface area contributed by atoms with E-state index < -0.39 is 0 Å². The van der Waals surface area contributed by atoms with Gasteiger partial charge in [0.1, 0.15) is 11.3 Å². The summed E-state index contributed by atoms with van der Waals surface area (Å²) < 4.78 is 1.96. The lowest BCUT2D eigenvalue weighted by atomic mass is 10.0. The number of imidazole rings is 1. The Bertz CT molecular complexity index is 579. The number of aldehydes is 1. The van der Waals surface area contributed by atoms with Crippen molar-refractivity contribution < 1.29 is 4.79 Å². The van der Waals surface area contributed by atoms with Crippen LogP contribution in [0.1, 0.15) is 60.3 Å². The second kappa shape index (κ2) is 4.56. The fourth-order valence-corrected chi connectivity index (χ4v) is 3.05. The molecule has 2 aromatic rings. The van der Waals surface area contributed by atoms with Crippen molar-refractivity contribution >= 4 is 11.9 Å². The van der Waals surface area contributed by atoms with Crippen LogP contribution in [-0.2, 0) is 6.42 Å². The molecule has 18 heavy (non-hydrogen) atoms. The van der Waals surface area contributed by atoms with Crippen LogP contribution in [0.5, 0.6) is 0 Å². The van der Waals surface area contributed by atoms with Gasteiger partial charge in [-0.2, -0.15) is 0 Å². The molecule has 2 heterocycles. The molecule has 0 aliphatic heterocycles. The molecular weight excluding hydrogens is 224 g/mol. The third-order valence-electron chi connectivity index (χ3n) is 4.03. The van der Waals surface area contributed by atoms with E-state index in [2.05, 4.69) is 13.0 Å². The Morgan fingerprint density at radius 3 is 2.89 bits per heavy atom. The molecule has 3 heteroatoms. The van der Waals surface area contributed by atoms with Gasteiger partial charge in [-0.15, -0.1) is 0 Å². The molecular formula is C15H18N2O. The van der Waals surface area contributed by atoms with E-state index in [4.69, 9.17) is 4.98 Å². The molecule has 0 unspecified atom stereocenters. The predicted octanol–water partition coefficient (Wildman–Crippen LogP) is 3.37. The van der Waals surface area contributed by atoms with Crippen LogP contribution >= 0.6 is 0 Å². The topological polar surface area (TPSA) is 34.4 Å². The normalized spacial score (nSPS) is 16.5. The Balaban J connectivity index is 2.22. The zero-order valence-electron chi connectivity index (χ0n) is 10.7. The van der Waals surface area contributed by atoms with Crippen molar-refractivity contribution in [3.63, 3.8) is 0 Å². The van der Waals surface area contributed by atoms with Crippen LogP contribution in [0.25, 0.3) is 5.65 Å². The standard InChI is InChI=1S/C15H18N2O/c1-2-11-8-5-9-17-13(10-18)14(16-15(11)17)12-6-3-4-7-12/h5,8-10,12H,2-4,6-7H2,1H3. The Morgan fingerprint density at radius 1 is 1.44 bits per heavy atom. The van der Waals surface area contributed by atoms with Gasteiger partial charge >= 0.3 is 0 Å². The minimum absolute atomic E-state index is 0.481. The summed E-state index contributed by atoms with van der Waals surface area (Å²) in [6.07, 6.45) is 8.73. The quantitative estimate of drug-likeness (QED) is 0.773. The van der Waals surface area contributed by atoms with Crippen molar-refractivity contribution in [3.05, 3.63) is 35.3 Å². The molecule has 0 aromatic carbocycles. The van der Waals surface area contributed by atoms with Gasteiger partial charge in [-0.1, -0.05) is 25.8 Å². The summed E-state index contributed by atoms with van der Waals surface area (Å²) in [5, 5.41) is 0. The molecule has 0 N–H and O–H groups in total. The van der Waals surface area contributed by atoms with Crippen LogP contribution in [0, 0.1) is 0 Å². The van der Waals surface area contributed by atoms with Gasteiger partial charge in [0.2, 0.25) is 0 Å². The van der Waals surface area contributed by atoms with Gasteiger partial charge in [-0.3, -0.25) is 9.20 Å². The van der Waals surface area contributed by atoms with E-state index in [1.54, 1.807) is 0 Å². The summed E-state index contributed by atoms with van der Waals surface area (Å²) in [5.74, 6) is 0.481. The number of carbonyl (C=O) groups excluding carboxylic acids is 1. The lowest BCUT2D eigenvalue weighted by Gasteiger charge is -2.05. The predicted molar refractivity (Wildman–Crippen MR) is 71.2 cm³/mol. The summed E-state index contributed by atoms with van der Waals surface area (Å²) >= 11 is 0. The van der Waals surface area contributed by atoms with Gasteiger partial charge in [0.25, 0.3) is 0 Å². The zero-order chi connectivity index (χ0) is 12.5. The zero-order valence-corrected chi connectivity index (χ0v) is 10.7. The first-order valence-corrected chi connectivity index (χ1v) is 6.80. The van der Waals surface area contributed by atoms with Crippen LogP contribution in [0.15, 0.2) is 18.3 Å². The van der Waals surface area contributed by atoms with Gasteiger partial charge in [-0.05, 0) is 30.9 Å². The maximum absolute atomic E-state index is 11.4. The molecule has 3 rings (SSSR count). The first kappa shape index (κ1) is 11.5. The van der Waals surface area contributed by atoms with Gasteiger partial charge in [0, 0.05) is 12.1 Å². The summed E-state index contributed by atoms with van der Waals surface area (Å²) in [4.78, 5) is 16.2. The van der Waals surface area contributed by atoms with Crippen LogP contribution in [0.4, 0.5) is 0 Å². The van der Waals surface area contributed by atoms with E-state index in [1.807, 2.05) is 16.7 Å². The van der Waals surface area contributed by atoms with E-state index in [0.29, 0.717) is 5.92 Å². The molecule has 0 bridgehead atoms. The van der Waals surface area contributed by atoms with Crippen LogP contribution in [-0.4, -0.2) is 15.7 Å². The molecule has 1 aliphatic carbocycles. The SMILES string of the molecule is CCc1cccn2c(C=O)c(C3CCCC3)nc12. The maximum atomic E-state index is 11.4. The molecule has 0 saturated heterocycles. The Morgan fingerprint density at radius 2 is 2.22 bits per heavy atom. The number of fused-ring (bicyclic) bond motifs is 1. The molecule has 94 valence electrons. The Labute approximate surface area is 107 Å². The number of aryl methyl sites for hydroxylation is 1. The Hall–Kier alpha value is -1.64. The number of hydrogen-bond acceptors (Lipinski definition) is 2. The van der Waals surface area contributed by atoms with Crippen molar-refractivity contribution in [2.45, 2.75) is 44.9 Å². The largest absolute Gasteiger partial charge is 0.297 e. The minimum atomic E-state index is 0.481. The van der Waals surface area contributed by atoms with Gasteiger partial charge in [-0.25, -0.2) is 4.98 Å². The van der Waals surface area contributed by atoms with E-state index in [0.717, 1.165) is 29.7 Å². The summed E-state index contributed by atoms with van der Waals surface area (Å²) in [5.41, 5.74) is 3.95. The number of carbonyl (C=O) groups is 1. The maximum Gasteiger partial charge on any atom is 0.168 e. The second-order valence-electron chi connectivity index (χ2n) is 5.06. The van der Waals surface area contributed by atoms with Crippen molar-refractivity contribution in [1.29, 1.82) is 0 Å². The van der Waals surface area contributed by atoms with Crippen molar-refractivity contribution in [3.8, 4) is 0 Å². The molecule has 0 radical (unpaired) electrons. The molecule has 1 fully saturated rings. The molecule has 0 atom stereocenters. The van der Waals surface area contributed by atoms with Gasteiger partial charge in [0.15, 0.2) is 6.29 Å². The first-order valence-electron chi connectivity index (χ1n) is 6.80. The summed E-state index contributed by atoms with van der Waals surface area (Å²) in [6, 6.07) is 4.09. The monoisotopic (exact) mass is 242 g/mol. The number of nitrogens with zero attached hydrogens (tertiary/aromatic N) is 2. The number of rotatable bonds is 3. The highest BCUT2D eigenvalue weighted by Crippen LogP contribution is 2.35. The molecule has 1 aliphatic rings. The van der Waals surface area contributed by atoms with E-state index in [-0.39, 0.29) is 0 Å². The molecule has 0 amide bonds. The van der Waals surface area contributed by atoms with Crippen molar-refractivity contribution in [2.24, 2.45) is 0 Å². The third-order valence-corrected chi connectivity index (χ3v) is 4.03. The Kier molecular flexibility index (Phi) is 2.90. The summed E-state index contributed by atoms with van der Waals surface area (Å²) in [6.45, 7) is 2.12. The van der Waals surface area contributed by atoms with Crippen molar-refractivity contribution in [2.75, 3.05) is 0 Å². The van der Waals surface area contributed by atoms with Crippen LogP contribution in [0.2, 0.25) is 0 Å². The number of aromatic nitrogens is 2. The minimum Gasteiger partial charge on any atom is -0.297 e. The fraction of sp³-hybridized carbons (Fsp3) is 0.467. The second-order valence-corrected chi connectivity index (χ2v) is 5.06. The highest BCUT2D eigenvalue weighted by Gasteiger charge is 2.24. The third kappa shape index (κ3) is 1.65. The average Bonchev–Trinajstić information content (AvgIpc) is 3.04. The molecule has 3 nitrogen and oxygen atoms in total. The molecule has 0 spiro atoms. The molecule has 1 saturated carbocycles. The van der Waals surface area contributed by atoms with Gasteiger partial charge in [0.05, 0.1) is 5.69 Å². The van der Waals surface area contributed by atoms with Crippen LogP contribution in [0.3, 0.4) is 0 Å². The fourth-order valence-electron chi connectivity index (χ4n) is 3.05. The molecule has 2 aromatic heterocycles. The first-order chi connectivity index (χ1) is 8.85. The van der Waals surface area contributed by atoms with Crippen LogP contribution < -0.4 is 0 Å². The van der Waals surface area contributed by atoms with Crippen molar-refractivity contribution in [1.82, 2.24) is 9.38 Å². The van der Waals surface area contributed by atoms with E-state index in [9.17, 15) is 4.79 Å². The highest BCUT2D eigenvalue weighted by molar-refractivity contribution is 5.77. The smallest absolute Gasteiger partial charge is 0.168 e. The average molecular weight is 242 g/mol. The van der Waals surface area contributed by atoms with Gasteiger partial charge < -0.3 is 0 Å². The lowest BCUT2D eigenvalue weighted by molar-refractivity contribution is 0.111. The van der Waals surface area contributed by atoms with E-state index >= 15 is 0 Å².